The van der Waals surface area contributed by atoms with Gasteiger partial charge < -0.3 is 10.5 Å². The molecule has 0 aliphatic rings. The molecule has 3 N–H and O–H groups in total. The molecule has 0 radical (unpaired) electrons. The SMILES string of the molecule is Cc1nn(-c2ccccc2)c(C)c1/C=C/C(=O)O[C@H](C(=O)NC(N)=O)C(C)C. The number of hydrogen-bond acceptors (Lipinski definition) is 5. The largest absolute Gasteiger partial charge is 0.449 e. The second-order valence-corrected chi connectivity index (χ2v) is 6.62. The summed E-state index contributed by atoms with van der Waals surface area (Å²) >= 11 is 0. The van der Waals surface area contributed by atoms with Crippen molar-refractivity contribution in [3.8, 4) is 5.69 Å². The third kappa shape index (κ3) is 5.06. The molecule has 148 valence electrons. The number of ether oxygens (including phenoxy) is 1. The van der Waals surface area contributed by atoms with Crippen LogP contribution >= 0.6 is 0 Å². The lowest BCUT2D eigenvalue weighted by molar-refractivity contribution is -0.153. The van der Waals surface area contributed by atoms with E-state index < -0.39 is 24.0 Å². The maximum Gasteiger partial charge on any atom is 0.331 e. The Morgan fingerprint density at radius 2 is 1.82 bits per heavy atom. The molecule has 1 aromatic heterocycles. The van der Waals surface area contributed by atoms with Crippen molar-refractivity contribution in [2.45, 2.75) is 33.8 Å². The number of rotatable bonds is 6. The normalized spacial score (nSPS) is 12.2. The summed E-state index contributed by atoms with van der Waals surface area (Å²) in [5.41, 5.74) is 8.25. The van der Waals surface area contributed by atoms with Crippen LogP contribution in [0.25, 0.3) is 11.8 Å². The van der Waals surface area contributed by atoms with Crippen LogP contribution in [-0.2, 0) is 14.3 Å². The maximum absolute atomic E-state index is 12.2. The van der Waals surface area contributed by atoms with Gasteiger partial charge in [0.15, 0.2) is 6.10 Å². The van der Waals surface area contributed by atoms with Crippen LogP contribution in [0.4, 0.5) is 4.79 Å². The molecule has 3 amide bonds. The van der Waals surface area contributed by atoms with Gasteiger partial charge in [-0.05, 0) is 38.0 Å². The Morgan fingerprint density at radius 3 is 2.39 bits per heavy atom. The van der Waals surface area contributed by atoms with Crippen molar-refractivity contribution in [3.05, 3.63) is 53.4 Å². The molecule has 0 bridgehead atoms. The van der Waals surface area contributed by atoms with E-state index in [1.165, 1.54) is 6.08 Å². The molecule has 0 aliphatic heterocycles. The van der Waals surface area contributed by atoms with Crippen LogP contribution in [0, 0.1) is 19.8 Å². The quantitative estimate of drug-likeness (QED) is 0.585. The van der Waals surface area contributed by atoms with Crippen LogP contribution in [0.15, 0.2) is 36.4 Å². The number of carbonyl (C=O) groups excluding carboxylic acids is 3. The standard InChI is InChI=1S/C20H24N4O4/c1-12(2)18(19(26)22-20(21)27)28-17(25)11-10-16-13(3)23-24(14(16)4)15-8-6-5-7-9-15/h5-12,18H,1-4H3,(H3,21,22,26,27)/b11-10+/t18-/m0/s1. The summed E-state index contributed by atoms with van der Waals surface area (Å²) in [7, 11) is 0. The molecule has 2 rings (SSSR count). The number of benzene rings is 1. The van der Waals surface area contributed by atoms with Gasteiger partial charge in [0.2, 0.25) is 0 Å². The molecule has 0 fully saturated rings. The number of aryl methyl sites for hydroxylation is 1. The number of primary amides is 1. The monoisotopic (exact) mass is 384 g/mol. The van der Waals surface area contributed by atoms with Crippen molar-refractivity contribution in [1.82, 2.24) is 15.1 Å². The summed E-state index contributed by atoms with van der Waals surface area (Å²) in [5.74, 6) is -1.79. The summed E-state index contributed by atoms with van der Waals surface area (Å²) in [6.45, 7) is 7.13. The predicted octanol–water partition coefficient (Wildman–Crippen LogP) is 2.27. The van der Waals surface area contributed by atoms with Crippen LogP contribution in [0.1, 0.15) is 30.8 Å². The minimum atomic E-state index is -1.13. The number of amides is 3. The number of nitrogens with two attached hydrogens (primary N) is 1. The van der Waals surface area contributed by atoms with Crippen molar-refractivity contribution in [2.75, 3.05) is 0 Å². The highest BCUT2D eigenvalue weighted by molar-refractivity contribution is 5.97. The van der Waals surface area contributed by atoms with Crippen LogP contribution in [0.2, 0.25) is 0 Å². The second kappa shape index (κ2) is 8.98. The zero-order valence-corrected chi connectivity index (χ0v) is 16.3. The molecule has 0 saturated carbocycles. The van der Waals surface area contributed by atoms with Crippen LogP contribution in [0.5, 0.6) is 0 Å². The molecule has 0 spiro atoms. The minimum absolute atomic E-state index is 0.332. The van der Waals surface area contributed by atoms with Crippen LogP contribution in [-0.4, -0.2) is 33.8 Å². The Balaban J connectivity index is 2.17. The highest BCUT2D eigenvalue weighted by Crippen LogP contribution is 2.19. The average molecular weight is 384 g/mol. The summed E-state index contributed by atoms with van der Waals surface area (Å²) in [6, 6.07) is 8.63. The first-order chi connectivity index (χ1) is 13.2. The number of esters is 1. The van der Waals surface area contributed by atoms with Gasteiger partial charge in [0.25, 0.3) is 5.91 Å². The summed E-state index contributed by atoms with van der Waals surface area (Å²) in [6.07, 6.45) is 1.71. The molecule has 1 atom stereocenters. The lowest BCUT2D eigenvalue weighted by Gasteiger charge is -2.18. The second-order valence-electron chi connectivity index (χ2n) is 6.62. The fourth-order valence-corrected chi connectivity index (χ4v) is 2.72. The Hall–Kier alpha value is -3.42. The molecule has 8 nitrogen and oxygen atoms in total. The third-order valence-electron chi connectivity index (χ3n) is 4.09. The Labute approximate surface area is 163 Å². The minimum Gasteiger partial charge on any atom is -0.449 e. The van der Waals surface area contributed by atoms with Crippen molar-refractivity contribution in [1.29, 1.82) is 0 Å². The van der Waals surface area contributed by atoms with Crippen molar-refractivity contribution >= 4 is 24.0 Å². The highest BCUT2D eigenvalue weighted by Gasteiger charge is 2.26. The van der Waals surface area contributed by atoms with Gasteiger partial charge in [-0.2, -0.15) is 5.10 Å². The molecule has 8 heteroatoms. The molecule has 28 heavy (non-hydrogen) atoms. The molecule has 2 aromatic rings. The van der Waals surface area contributed by atoms with Gasteiger partial charge in [-0.3, -0.25) is 10.1 Å². The van der Waals surface area contributed by atoms with E-state index in [1.54, 1.807) is 24.6 Å². The van der Waals surface area contributed by atoms with Gasteiger partial charge in [-0.25, -0.2) is 14.3 Å². The van der Waals surface area contributed by atoms with Gasteiger partial charge in [0.05, 0.1) is 11.4 Å². The van der Waals surface area contributed by atoms with E-state index in [9.17, 15) is 14.4 Å². The van der Waals surface area contributed by atoms with E-state index in [-0.39, 0.29) is 5.92 Å². The van der Waals surface area contributed by atoms with E-state index in [2.05, 4.69) is 5.10 Å². The smallest absolute Gasteiger partial charge is 0.331 e. The van der Waals surface area contributed by atoms with E-state index in [0.717, 1.165) is 22.6 Å². The van der Waals surface area contributed by atoms with Gasteiger partial charge >= 0.3 is 12.0 Å². The number of nitrogens with zero attached hydrogens (tertiary/aromatic N) is 2. The van der Waals surface area contributed by atoms with Crippen molar-refractivity contribution < 1.29 is 19.1 Å². The van der Waals surface area contributed by atoms with Gasteiger partial charge in [0, 0.05) is 17.3 Å². The number of hydrogen-bond donors (Lipinski definition) is 2. The molecule has 0 aliphatic carbocycles. The maximum atomic E-state index is 12.2. The number of nitrogens with one attached hydrogen (secondary N) is 1. The molecule has 1 aromatic carbocycles. The van der Waals surface area contributed by atoms with E-state index >= 15 is 0 Å². The zero-order chi connectivity index (χ0) is 20.8. The molecule has 0 saturated heterocycles. The third-order valence-corrected chi connectivity index (χ3v) is 4.09. The fourth-order valence-electron chi connectivity index (χ4n) is 2.72. The molecule has 0 unspecified atom stereocenters. The highest BCUT2D eigenvalue weighted by atomic mass is 16.5. The topological polar surface area (TPSA) is 116 Å². The van der Waals surface area contributed by atoms with E-state index in [1.807, 2.05) is 49.5 Å². The Kier molecular flexibility index (Phi) is 6.70. The first-order valence-corrected chi connectivity index (χ1v) is 8.81. The van der Waals surface area contributed by atoms with Crippen LogP contribution in [0.3, 0.4) is 0 Å². The first-order valence-electron chi connectivity index (χ1n) is 8.81. The molecular formula is C20H24N4O4. The number of aromatic nitrogens is 2. The number of urea groups is 1. The number of para-hydroxylation sites is 1. The molecule has 1 heterocycles. The van der Waals surface area contributed by atoms with Gasteiger partial charge in [-0.1, -0.05) is 32.0 Å². The number of imide groups is 1. The van der Waals surface area contributed by atoms with Crippen molar-refractivity contribution in [3.63, 3.8) is 0 Å². The van der Waals surface area contributed by atoms with E-state index in [0.29, 0.717) is 0 Å². The zero-order valence-electron chi connectivity index (χ0n) is 16.3. The van der Waals surface area contributed by atoms with Crippen LogP contribution < -0.4 is 11.1 Å². The predicted molar refractivity (Wildman–Crippen MR) is 105 cm³/mol. The number of carbonyl (C=O) groups is 3. The average Bonchev–Trinajstić information content (AvgIpc) is 2.91. The Bertz CT molecular complexity index is 900. The van der Waals surface area contributed by atoms with Gasteiger partial charge in [-0.15, -0.1) is 0 Å². The Morgan fingerprint density at radius 1 is 1.18 bits per heavy atom. The molecular weight excluding hydrogens is 360 g/mol. The van der Waals surface area contributed by atoms with Gasteiger partial charge in [0.1, 0.15) is 0 Å². The van der Waals surface area contributed by atoms with Crippen molar-refractivity contribution in [2.24, 2.45) is 11.7 Å². The van der Waals surface area contributed by atoms with E-state index in [4.69, 9.17) is 10.5 Å². The summed E-state index contributed by atoms with van der Waals surface area (Å²) in [5, 5.41) is 6.43. The summed E-state index contributed by atoms with van der Waals surface area (Å²) < 4.78 is 6.98. The first kappa shape index (κ1) is 20.9. The lowest BCUT2D eigenvalue weighted by Crippen LogP contribution is -2.45. The lowest BCUT2D eigenvalue weighted by atomic mass is 10.1. The fraction of sp³-hybridized carbons (Fsp3) is 0.300. The summed E-state index contributed by atoms with van der Waals surface area (Å²) in [4.78, 5) is 35.0.